The lowest BCUT2D eigenvalue weighted by Crippen LogP contribution is -2.26. The number of fused-ring (bicyclic) bond motifs is 1. The molecule has 0 saturated heterocycles. The smallest absolute Gasteiger partial charge is 0.224 e. The second-order valence-corrected chi connectivity index (χ2v) is 9.33. The lowest BCUT2D eigenvalue weighted by Gasteiger charge is -2.15. The van der Waals surface area contributed by atoms with Crippen molar-refractivity contribution in [2.75, 3.05) is 32.4 Å². The summed E-state index contributed by atoms with van der Waals surface area (Å²) < 4.78 is 2.21. The second kappa shape index (κ2) is 15.0. The average Bonchev–Trinajstić information content (AvgIpc) is 3.52. The molecule has 0 bridgehead atoms. The Bertz CT molecular complexity index is 1120. The van der Waals surface area contributed by atoms with Crippen molar-refractivity contribution in [3.63, 3.8) is 0 Å². The maximum Gasteiger partial charge on any atom is 0.224 e. The maximum atomic E-state index is 7.34. The summed E-state index contributed by atoms with van der Waals surface area (Å²) in [5.41, 5.74) is 9.79. The molecule has 36 heavy (non-hydrogen) atoms. The van der Waals surface area contributed by atoms with Gasteiger partial charge in [0.15, 0.2) is 0 Å². The summed E-state index contributed by atoms with van der Waals surface area (Å²) in [6, 6.07) is 11.0. The fourth-order valence-electron chi connectivity index (χ4n) is 4.83. The van der Waals surface area contributed by atoms with Crippen molar-refractivity contribution in [3.05, 3.63) is 65.2 Å². The van der Waals surface area contributed by atoms with E-state index < -0.39 is 0 Å². The monoisotopic (exact) mass is 527 g/mol. The second-order valence-electron chi connectivity index (χ2n) is 8.99. The van der Waals surface area contributed by atoms with E-state index in [1.807, 2.05) is 6.20 Å². The van der Waals surface area contributed by atoms with Crippen LogP contribution in [-0.4, -0.2) is 53.2 Å². The predicted octanol–water partition coefficient (Wildman–Crippen LogP) is 4.73. The Balaban J connectivity index is 0.00000176. The van der Waals surface area contributed by atoms with Gasteiger partial charge in [-0.2, -0.15) is 17.6 Å². The molecule has 4 rings (SSSR count). The zero-order chi connectivity index (χ0) is 25.8. The van der Waals surface area contributed by atoms with Gasteiger partial charge in [0.25, 0.3) is 0 Å². The first kappa shape index (κ1) is 28.2. The molecule has 0 amide bonds. The number of halogens is 1. The number of thiol groups is 1. The highest BCUT2D eigenvalue weighted by Gasteiger charge is 2.28. The Kier molecular flexibility index (Phi) is 11.7. The first-order valence-electron chi connectivity index (χ1n) is 12.6. The third-order valence-electron chi connectivity index (χ3n) is 6.60. The molecule has 194 valence electrons. The molecular formula is C27H38ClN7S. The number of allylic oxidation sites excluding steroid dienone is 1. The summed E-state index contributed by atoms with van der Waals surface area (Å²) in [6.07, 6.45) is 13.9. The number of nitrogens with zero attached hydrogens (tertiary/aromatic N) is 3. The number of rotatable bonds is 12. The lowest BCUT2D eigenvalue weighted by molar-refractivity contribution is 0.452. The van der Waals surface area contributed by atoms with Crippen LogP contribution in [0, 0.1) is 11.3 Å². The van der Waals surface area contributed by atoms with Gasteiger partial charge in [0.1, 0.15) is 5.65 Å². The van der Waals surface area contributed by atoms with Crippen molar-refractivity contribution in [3.8, 4) is 0 Å². The van der Waals surface area contributed by atoms with Crippen molar-refractivity contribution in [2.24, 2.45) is 11.7 Å². The van der Waals surface area contributed by atoms with Gasteiger partial charge in [0.2, 0.25) is 5.28 Å². The average molecular weight is 528 g/mol. The van der Waals surface area contributed by atoms with E-state index in [0.29, 0.717) is 17.7 Å². The molecule has 2 unspecified atom stereocenters. The molecule has 1 fully saturated rings. The minimum Gasteiger partial charge on any atom is -0.398 e. The molecule has 1 aliphatic carbocycles. The summed E-state index contributed by atoms with van der Waals surface area (Å²) in [5, 5.41) is 15.6. The topological polar surface area (TPSA) is 105 Å². The molecule has 1 saturated carbocycles. The van der Waals surface area contributed by atoms with Gasteiger partial charge < -0.3 is 26.3 Å². The van der Waals surface area contributed by atoms with Crippen molar-refractivity contribution in [1.82, 2.24) is 25.2 Å². The van der Waals surface area contributed by atoms with Crippen LogP contribution in [0.15, 0.2) is 48.8 Å². The molecule has 2 heterocycles. The van der Waals surface area contributed by atoms with Crippen LogP contribution in [0.5, 0.6) is 0 Å². The molecule has 1 aliphatic rings. The third-order valence-corrected chi connectivity index (χ3v) is 6.78. The number of nitrogens with two attached hydrogens (primary N) is 1. The molecule has 7 nitrogen and oxygen atoms in total. The molecule has 0 radical (unpaired) electrons. The minimum absolute atomic E-state index is 0.238. The Morgan fingerprint density at radius 3 is 2.75 bits per heavy atom. The van der Waals surface area contributed by atoms with Gasteiger partial charge >= 0.3 is 0 Å². The highest BCUT2D eigenvalue weighted by atomic mass is 35.5. The van der Waals surface area contributed by atoms with Gasteiger partial charge in [0, 0.05) is 41.3 Å². The van der Waals surface area contributed by atoms with E-state index >= 15 is 0 Å². The van der Waals surface area contributed by atoms with Crippen molar-refractivity contribution < 1.29 is 0 Å². The van der Waals surface area contributed by atoms with E-state index in [0.717, 1.165) is 68.5 Å². The Hall–Kier alpha value is -2.39. The standard InChI is InChI=1S/C26H34ClN7.CH4S/c27-26-32-17-22-23(24(29)9-11-28)18-34(25(22)33-26)21-8-7-20(15-21)16-31-13-4-12-30-14-10-19-5-2-1-3-6-19;1-2/h1-3,5-6,9,11,17-18,20-21,28,30-31H,4,7-8,10,12-16,29H2;2H,1H3/b24-9-,28-11?;. The van der Waals surface area contributed by atoms with E-state index in [1.165, 1.54) is 18.2 Å². The highest BCUT2D eigenvalue weighted by Crippen LogP contribution is 2.38. The lowest BCUT2D eigenvalue weighted by atomic mass is 10.1. The van der Waals surface area contributed by atoms with E-state index in [-0.39, 0.29) is 5.28 Å². The molecule has 0 aliphatic heterocycles. The number of aromatic nitrogens is 3. The van der Waals surface area contributed by atoms with Crippen LogP contribution in [0.3, 0.4) is 0 Å². The van der Waals surface area contributed by atoms with Gasteiger partial charge in [-0.25, -0.2) is 4.98 Å². The Labute approximate surface area is 224 Å². The van der Waals surface area contributed by atoms with Gasteiger partial charge in [-0.15, -0.1) is 0 Å². The van der Waals surface area contributed by atoms with Crippen molar-refractivity contribution in [1.29, 1.82) is 5.41 Å². The minimum atomic E-state index is 0.238. The molecule has 1 aromatic carbocycles. The summed E-state index contributed by atoms with van der Waals surface area (Å²) in [6.45, 7) is 4.13. The zero-order valence-corrected chi connectivity index (χ0v) is 22.6. The van der Waals surface area contributed by atoms with Crippen LogP contribution in [0.25, 0.3) is 16.7 Å². The molecule has 9 heteroatoms. The van der Waals surface area contributed by atoms with Crippen molar-refractivity contribution in [2.45, 2.75) is 38.1 Å². The molecule has 0 spiro atoms. The van der Waals surface area contributed by atoms with Gasteiger partial charge in [-0.05, 0) is 93.7 Å². The number of hydrogen-bond donors (Lipinski definition) is 5. The van der Waals surface area contributed by atoms with E-state index in [9.17, 15) is 0 Å². The van der Waals surface area contributed by atoms with Gasteiger partial charge in [-0.1, -0.05) is 30.3 Å². The predicted molar refractivity (Wildman–Crippen MR) is 155 cm³/mol. The van der Waals surface area contributed by atoms with Crippen LogP contribution >= 0.6 is 24.2 Å². The first-order valence-corrected chi connectivity index (χ1v) is 13.8. The fourth-order valence-corrected chi connectivity index (χ4v) is 4.96. The quantitative estimate of drug-likeness (QED) is 0.101. The van der Waals surface area contributed by atoms with Crippen LogP contribution < -0.4 is 16.4 Å². The van der Waals surface area contributed by atoms with E-state index in [2.05, 4.69) is 68.1 Å². The molecule has 2 atom stereocenters. The summed E-state index contributed by atoms with van der Waals surface area (Å²) in [5.74, 6) is 0.642. The summed E-state index contributed by atoms with van der Waals surface area (Å²) in [7, 11) is 0. The SMILES string of the molecule is CS.N=C/C=C(\N)c1cn(C2CCC(CNCCCNCCc3ccccc3)C2)c2nc(Cl)ncc12. The molecular weight excluding hydrogens is 490 g/mol. The number of benzene rings is 1. The van der Waals surface area contributed by atoms with E-state index in [4.69, 9.17) is 22.7 Å². The number of nitrogens with one attached hydrogen (secondary N) is 3. The maximum absolute atomic E-state index is 7.34. The molecule has 2 aromatic heterocycles. The fraction of sp³-hybridized carbons (Fsp3) is 0.444. The highest BCUT2D eigenvalue weighted by molar-refractivity contribution is 7.79. The van der Waals surface area contributed by atoms with Crippen molar-refractivity contribution >= 4 is 47.2 Å². The van der Waals surface area contributed by atoms with E-state index in [1.54, 1.807) is 18.5 Å². The number of hydrogen-bond acceptors (Lipinski definition) is 7. The van der Waals surface area contributed by atoms with Crippen LogP contribution in [0.1, 0.15) is 42.9 Å². The summed E-state index contributed by atoms with van der Waals surface area (Å²) >= 11 is 9.63. The third kappa shape index (κ3) is 7.80. The van der Waals surface area contributed by atoms with Gasteiger partial charge in [0.05, 0.1) is 0 Å². The Morgan fingerprint density at radius 2 is 1.97 bits per heavy atom. The van der Waals surface area contributed by atoms with Crippen LogP contribution in [0.4, 0.5) is 0 Å². The normalized spacial score (nSPS) is 17.7. The first-order chi connectivity index (χ1) is 17.7. The summed E-state index contributed by atoms with van der Waals surface area (Å²) in [4.78, 5) is 8.64. The molecule has 3 aromatic rings. The molecule has 5 N–H and O–H groups in total. The van der Waals surface area contributed by atoms with Gasteiger partial charge in [-0.3, -0.25) is 0 Å². The van der Waals surface area contributed by atoms with Crippen LogP contribution in [-0.2, 0) is 6.42 Å². The Morgan fingerprint density at radius 1 is 1.19 bits per heavy atom. The zero-order valence-electron chi connectivity index (χ0n) is 21.0. The van der Waals surface area contributed by atoms with Crippen LogP contribution in [0.2, 0.25) is 5.28 Å². The largest absolute Gasteiger partial charge is 0.398 e.